The van der Waals surface area contributed by atoms with Crippen LogP contribution < -0.4 is 0 Å². The van der Waals surface area contributed by atoms with Crippen LogP contribution in [0.5, 0.6) is 0 Å². The SMILES string of the molecule is C1=Cc2cc(-c3cc(-c4ccc(-c5ccc(-c6nc(-c7ccccc7)nc7c8ccccc8c(-c8ccccc8)n67)cc5)cc4)nc(-c4ccccc4)n3)ccc2CC1. The van der Waals surface area contributed by atoms with Crippen molar-refractivity contribution in [3.05, 3.63) is 205 Å². The van der Waals surface area contributed by atoms with Gasteiger partial charge in [0.15, 0.2) is 11.6 Å². The highest BCUT2D eigenvalue weighted by Gasteiger charge is 2.21. The Balaban J connectivity index is 0.985. The van der Waals surface area contributed by atoms with Gasteiger partial charge in [0, 0.05) is 38.6 Å². The molecule has 5 heteroatoms. The fraction of sp³-hybridized carbons (Fsp3) is 0.0370. The van der Waals surface area contributed by atoms with Gasteiger partial charge in [0.1, 0.15) is 11.5 Å². The number of hydrogen-bond donors (Lipinski definition) is 0. The molecule has 3 aromatic heterocycles. The summed E-state index contributed by atoms with van der Waals surface area (Å²) in [7, 11) is 0. The van der Waals surface area contributed by atoms with E-state index in [0.29, 0.717) is 11.6 Å². The van der Waals surface area contributed by atoms with Crippen LogP contribution in [-0.4, -0.2) is 24.3 Å². The van der Waals surface area contributed by atoms with Crippen LogP contribution in [-0.2, 0) is 6.42 Å². The largest absolute Gasteiger partial charge is 0.277 e. The van der Waals surface area contributed by atoms with E-state index in [2.05, 4.69) is 168 Å². The minimum Gasteiger partial charge on any atom is -0.277 e. The maximum atomic E-state index is 5.29. The summed E-state index contributed by atoms with van der Waals surface area (Å²) in [5.41, 5.74) is 14.9. The lowest BCUT2D eigenvalue weighted by Crippen LogP contribution is -2.03. The highest BCUT2D eigenvalue weighted by Crippen LogP contribution is 2.38. The van der Waals surface area contributed by atoms with E-state index in [4.69, 9.17) is 19.9 Å². The third-order valence-corrected chi connectivity index (χ3v) is 11.3. The standard InChI is InChI=1S/C54H37N5/c1-4-15-40(16-5-1)50-46-22-12-13-23-47(46)54-58-52(42-19-8-3-9-20-42)57-53(59(50)54)43-31-26-38(27-32-43)37-24-29-39(30-25-37)48-35-49(56-51(55-48)41-17-6-2-7-18-41)45-33-28-36-14-10-11-21-44(36)34-45/h1-9,11-13,15-35H,10,14H2. The van der Waals surface area contributed by atoms with Crippen LogP contribution in [0.3, 0.4) is 0 Å². The van der Waals surface area contributed by atoms with Gasteiger partial charge >= 0.3 is 0 Å². The van der Waals surface area contributed by atoms with Crippen molar-refractivity contribution >= 4 is 22.5 Å². The Hall–Kier alpha value is -7.76. The molecule has 0 saturated carbocycles. The van der Waals surface area contributed by atoms with Crippen LogP contribution in [0.4, 0.5) is 0 Å². The van der Waals surface area contributed by atoms with Gasteiger partial charge in [0.2, 0.25) is 0 Å². The average molecular weight is 756 g/mol. The molecule has 0 saturated heterocycles. The summed E-state index contributed by atoms with van der Waals surface area (Å²) >= 11 is 0. The Morgan fingerprint density at radius 1 is 0.390 bits per heavy atom. The highest BCUT2D eigenvalue weighted by atomic mass is 15.1. The first-order chi connectivity index (χ1) is 29.2. The van der Waals surface area contributed by atoms with E-state index >= 15 is 0 Å². The monoisotopic (exact) mass is 755 g/mol. The summed E-state index contributed by atoms with van der Waals surface area (Å²) in [5, 5.41) is 2.23. The molecule has 3 heterocycles. The quantitative estimate of drug-likeness (QED) is 0.163. The molecule has 0 bridgehead atoms. The van der Waals surface area contributed by atoms with Gasteiger partial charge in [-0.3, -0.25) is 4.40 Å². The molecule has 0 amide bonds. The summed E-state index contributed by atoms with van der Waals surface area (Å²) in [6, 6.07) is 65.8. The summed E-state index contributed by atoms with van der Waals surface area (Å²) in [6.45, 7) is 0. The summed E-state index contributed by atoms with van der Waals surface area (Å²) in [5.74, 6) is 2.25. The van der Waals surface area contributed by atoms with Gasteiger partial charge in [-0.2, -0.15) is 0 Å². The molecule has 7 aromatic carbocycles. The third-order valence-electron chi connectivity index (χ3n) is 11.3. The van der Waals surface area contributed by atoms with Crippen LogP contribution in [0.1, 0.15) is 17.5 Å². The lowest BCUT2D eigenvalue weighted by atomic mass is 9.94. The van der Waals surface area contributed by atoms with Crippen LogP contribution in [0.15, 0.2) is 194 Å². The second kappa shape index (κ2) is 14.6. The van der Waals surface area contributed by atoms with Gasteiger partial charge in [-0.25, -0.2) is 19.9 Å². The number of nitrogens with zero attached hydrogens (tertiary/aromatic N) is 5. The summed E-state index contributed by atoms with van der Waals surface area (Å²) in [4.78, 5) is 20.7. The Labute approximate surface area is 342 Å². The van der Waals surface area contributed by atoms with Gasteiger partial charge in [-0.15, -0.1) is 0 Å². The van der Waals surface area contributed by atoms with Crippen LogP contribution in [0.2, 0.25) is 0 Å². The Morgan fingerprint density at radius 2 is 0.915 bits per heavy atom. The second-order valence-corrected chi connectivity index (χ2v) is 15.0. The van der Waals surface area contributed by atoms with Gasteiger partial charge in [-0.05, 0) is 52.8 Å². The van der Waals surface area contributed by atoms with Crippen LogP contribution in [0.25, 0.3) is 102 Å². The van der Waals surface area contributed by atoms with E-state index in [1.54, 1.807) is 0 Å². The Morgan fingerprint density at radius 3 is 1.58 bits per heavy atom. The minimum absolute atomic E-state index is 0.697. The highest BCUT2D eigenvalue weighted by molar-refractivity contribution is 6.06. The summed E-state index contributed by atoms with van der Waals surface area (Å²) in [6.07, 6.45) is 6.65. The fourth-order valence-electron chi connectivity index (χ4n) is 8.30. The normalized spacial score (nSPS) is 12.2. The zero-order chi connectivity index (χ0) is 39.1. The van der Waals surface area contributed by atoms with Gasteiger partial charge in [-0.1, -0.05) is 188 Å². The van der Waals surface area contributed by atoms with Crippen molar-refractivity contribution in [2.45, 2.75) is 12.8 Å². The molecule has 11 rings (SSSR count). The second-order valence-electron chi connectivity index (χ2n) is 15.0. The maximum absolute atomic E-state index is 5.29. The molecule has 278 valence electrons. The molecular weight excluding hydrogens is 719 g/mol. The van der Waals surface area contributed by atoms with Crippen molar-refractivity contribution in [1.82, 2.24) is 24.3 Å². The first kappa shape index (κ1) is 34.5. The molecule has 0 radical (unpaired) electrons. The molecule has 1 aliphatic rings. The Kier molecular flexibility index (Phi) is 8.55. The number of rotatable bonds is 7. The lowest BCUT2D eigenvalue weighted by molar-refractivity contribution is 0.986. The fourth-order valence-corrected chi connectivity index (χ4v) is 8.30. The molecule has 0 fully saturated rings. The van der Waals surface area contributed by atoms with Crippen molar-refractivity contribution < 1.29 is 0 Å². The molecule has 0 N–H and O–H groups in total. The average Bonchev–Trinajstić information content (AvgIpc) is 3.66. The Bertz CT molecular complexity index is 3170. The van der Waals surface area contributed by atoms with E-state index < -0.39 is 0 Å². The molecule has 0 atom stereocenters. The van der Waals surface area contributed by atoms with Gasteiger partial charge in [0.25, 0.3) is 0 Å². The predicted molar refractivity (Wildman–Crippen MR) is 241 cm³/mol. The number of benzene rings is 7. The van der Waals surface area contributed by atoms with Crippen molar-refractivity contribution in [3.8, 4) is 79.1 Å². The van der Waals surface area contributed by atoms with E-state index in [-0.39, 0.29) is 0 Å². The molecule has 5 nitrogen and oxygen atoms in total. The smallest absolute Gasteiger partial charge is 0.163 e. The number of aromatic nitrogens is 5. The number of allylic oxidation sites excluding steroid dienone is 1. The number of fused-ring (bicyclic) bond motifs is 4. The summed E-state index contributed by atoms with van der Waals surface area (Å²) < 4.78 is 2.23. The van der Waals surface area contributed by atoms with Gasteiger partial charge < -0.3 is 0 Å². The van der Waals surface area contributed by atoms with Gasteiger partial charge in [0.05, 0.1) is 17.1 Å². The molecule has 0 unspecified atom stereocenters. The van der Waals surface area contributed by atoms with Crippen molar-refractivity contribution in [2.24, 2.45) is 0 Å². The third kappa shape index (κ3) is 6.39. The lowest BCUT2D eigenvalue weighted by Gasteiger charge is -2.14. The minimum atomic E-state index is 0.697. The first-order valence-electron chi connectivity index (χ1n) is 20.1. The molecule has 10 aromatic rings. The molecular formula is C54H37N5. The van der Waals surface area contributed by atoms with Crippen molar-refractivity contribution in [3.63, 3.8) is 0 Å². The topological polar surface area (TPSA) is 56.0 Å². The predicted octanol–water partition coefficient (Wildman–Crippen LogP) is 13.3. The molecule has 0 spiro atoms. The number of aryl methyl sites for hydroxylation is 1. The first-order valence-corrected chi connectivity index (χ1v) is 20.1. The van der Waals surface area contributed by atoms with Crippen molar-refractivity contribution in [2.75, 3.05) is 0 Å². The van der Waals surface area contributed by atoms with Crippen LogP contribution in [0, 0.1) is 0 Å². The van der Waals surface area contributed by atoms with E-state index in [9.17, 15) is 0 Å². The zero-order valence-corrected chi connectivity index (χ0v) is 32.2. The molecule has 0 aliphatic heterocycles. The molecule has 59 heavy (non-hydrogen) atoms. The number of hydrogen-bond acceptors (Lipinski definition) is 4. The van der Waals surface area contributed by atoms with Crippen LogP contribution >= 0.6 is 0 Å². The maximum Gasteiger partial charge on any atom is 0.163 e. The van der Waals surface area contributed by atoms with E-state index in [1.807, 2.05) is 36.4 Å². The molecule has 1 aliphatic carbocycles. The zero-order valence-electron chi connectivity index (χ0n) is 32.2. The van der Waals surface area contributed by atoms with E-state index in [0.717, 1.165) is 96.7 Å². The van der Waals surface area contributed by atoms with Crippen molar-refractivity contribution in [1.29, 1.82) is 0 Å². The van der Waals surface area contributed by atoms with E-state index in [1.165, 1.54) is 11.1 Å².